The Morgan fingerprint density at radius 3 is 2.59 bits per heavy atom. The molecule has 1 atom stereocenters. The van der Waals surface area contributed by atoms with Crippen molar-refractivity contribution in [2.75, 3.05) is 17.1 Å². The van der Waals surface area contributed by atoms with E-state index in [4.69, 9.17) is 4.74 Å². The van der Waals surface area contributed by atoms with Crippen molar-refractivity contribution >= 4 is 39.0 Å². The molecule has 1 amide bonds. The van der Waals surface area contributed by atoms with Gasteiger partial charge in [0, 0.05) is 12.1 Å². The SMILES string of the molecule is COc1ccc(-c2sc(NC(=O)CC3CCCC3)nc2C)cc1S(=O)Nc1ccc(C)c(C)c1. The van der Waals surface area contributed by atoms with Gasteiger partial charge in [-0.1, -0.05) is 30.2 Å². The van der Waals surface area contributed by atoms with Gasteiger partial charge in [-0.2, -0.15) is 0 Å². The summed E-state index contributed by atoms with van der Waals surface area (Å²) in [5.74, 6) is 1.07. The molecule has 1 saturated carbocycles. The average Bonchev–Trinajstić information content (AvgIpc) is 3.45. The average molecular weight is 498 g/mol. The lowest BCUT2D eigenvalue weighted by Crippen LogP contribution is -2.14. The van der Waals surface area contributed by atoms with Gasteiger partial charge >= 0.3 is 0 Å². The molecule has 0 spiro atoms. The van der Waals surface area contributed by atoms with Crippen LogP contribution in [-0.4, -0.2) is 22.2 Å². The van der Waals surface area contributed by atoms with Crippen molar-refractivity contribution in [2.24, 2.45) is 5.92 Å². The number of thiazole rings is 1. The van der Waals surface area contributed by atoms with Crippen LogP contribution in [0.4, 0.5) is 10.8 Å². The zero-order valence-electron chi connectivity index (χ0n) is 20.1. The number of rotatable bonds is 8. The van der Waals surface area contributed by atoms with E-state index in [0.717, 1.165) is 40.2 Å². The summed E-state index contributed by atoms with van der Waals surface area (Å²) in [6, 6.07) is 11.5. The highest BCUT2D eigenvalue weighted by Crippen LogP contribution is 2.37. The molecule has 34 heavy (non-hydrogen) atoms. The van der Waals surface area contributed by atoms with Crippen LogP contribution in [0.1, 0.15) is 48.9 Å². The van der Waals surface area contributed by atoms with E-state index in [0.29, 0.717) is 28.1 Å². The van der Waals surface area contributed by atoms with E-state index in [-0.39, 0.29) is 5.91 Å². The van der Waals surface area contributed by atoms with Crippen LogP contribution in [-0.2, 0) is 15.8 Å². The lowest BCUT2D eigenvalue weighted by molar-refractivity contribution is -0.117. The summed E-state index contributed by atoms with van der Waals surface area (Å²) in [7, 11) is 0.0538. The zero-order valence-corrected chi connectivity index (χ0v) is 21.7. The molecule has 1 aliphatic carbocycles. The van der Waals surface area contributed by atoms with Crippen LogP contribution < -0.4 is 14.8 Å². The van der Waals surface area contributed by atoms with Gasteiger partial charge in [0.1, 0.15) is 10.6 Å². The molecule has 0 radical (unpaired) electrons. The van der Waals surface area contributed by atoms with Crippen LogP contribution in [0.5, 0.6) is 5.75 Å². The second-order valence-electron chi connectivity index (χ2n) is 8.87. The third-order valence-electron chi connectivity index (χ3n) is 6.33. The molecule has 180 valence electrons. The van der Waals surface area contributed by atoms with Gasteiger partial charge in [-0.15, -0.1) is 0 Å². The first-order chi connectivity index (χ1) is 16.3. The Balaban J connectivity index is 1.54. The molecular weight excluding hydrogens is 466 g/mol. The summed E-state index contributed by atoms with van der Waals surface area (Å²) >= 11 is 1.44. The first-order valence-corrected chi connectivity index (χ1v) is 13.5. The van der Waals surface area contributed by atoms with Crippen molar-refractivity contribution in [3.8, 4) is 16.2 Å². The predicted octanol–water partition coefficient (Wildman–Crippen LogP) is 6.40. The molecule has 4 rings (SSSR count). The van der Waals surface area contributed by atoms with Crippen LogP contribution in [0.15, 0.2) is 41.3 Å². The van der Waals surface area contributed by atoms with Gasteiger partial charge in [-0.3, -0.25) is 4.79 Å². The zero-order chi connectivity index (χ0) is 24.2. The number of ether oxygens (including phenoxy) is 1. The van der Waals surface area contributed by atoms with Crippen LogP contribution >= 0.6 is 11.3 Å². The van der Waals surface area contributed by atoms with Crippen LogP contribution in [0.2, 0.25) is 0 Å². The van der Waals surface area contributed by atoms with E-state index in [2.05, 4.69) is 15.0 Å². The van der Waals surface area contributed by atoms with Gasteiger partial charge in [0.05, 0.1) is 17.7 Å². The Kier molecular flexibility index (Phi) is 7.68. The second kappa shape index (κ2) is 10.7. The van der Waals surface area contributed by atoms with Crippen molar-refractivity contribution in [3.63, 3.8) is 0 Å². The molecule has 3 aromatic rings. The highest BCUT2D eigenvalue weighted by Gasteiger charge is 2.20. The normalized spacial score (nSPS) is 14.7. The summed E-state index contributed by atoms with van der Waals surface area (Å²) in [5.41, 5.74) is 4.81. The summed E-state index contributed by atoms with van der Waals surface area (Å²) < 4.78 is 21.8. The molecule has 1 heterocycles. The Labute approximate surface area is 207 Å². The number of hydrogen-bond donors (Lipinski definition) is 2. The summed E-state index contributed by atoms with van der Waals surface area (Å²) in [6.45, 7) is 6.00. The van der Waals surface area contributed by atoms with E-state index < -0.39 is 11.0 Å². The molecule has 0 aliphatic heterocycles. The van der Waals surface area contributed by atoms with Crippen LogP contribution in [0, 0.1) is 26.7 Å². The maximum atomic E-state index is 13.2. The van der Waals surface area contributed by atoms with Gasteiger partial charge < -0.3 is 14.8 Å². The van der Waals surface area contributed by atoms with Crippen molar-refractivity contribution in [1.29, 1.82) is 0 Å². The molecule has 2 N–H and O–H groups in total. The van der Waals surface area contributed by atoms with Gasteiger partial charge in [-0.25, -0.2) is 9.19 Å². The Hall–Kier alpha value is -2.71. The molecule has 1 unspecified atom stereocenters. The molecule has 6 nitrogen and oxygen atoms in total. The monoisotopic (exact) mass is 497 g/mol. The topological polar surface area (TPSA) is 80.3 Å². The van der Waals surface area contributed by atoms with Gasteiger partial charge in [-0.05, 0) is 86.6 Å². The van der Waals surface area contributed by atoms with Crippen molar-refractivity contribution in [2.45, 2.75) is 57.8 Å². The minimum Gasteiger partial charge on any atom is -0.495 e. The lowest BCUT2D eigenvalue weighted by Gasteiger charge is -2.12. The number of anilines is 2. The van der Waals surface area contributed by atoms with Crippen LogP contribution in [0.3, 0.4) is 0 Å². The summed E-state index contributed by atoms with van der Waals surface area (Å²) in [6.07, 6.45) is 5.27. The number of methoxy groups -OCH3 is 1. The highest BCUT2D eigenvalue weighted by molar-refractivity contribution is 7.86. The molecule has 0 saturated heterocycles. The Bertz CT molecular complexity index is 1220. The standard InChI is InChI=1S/C26H31N3O3S2/c1-16-9-11-21(13-17(16)2)29-34(31)23-15-20(10-12-22(23)32-4)25-18(3)27-26(33-25)28-24(30)14-19-7-5-6-8-19/h9-13,15,19,29H,5-8,14H2,1-4H3,(H,27,28,30). The summed E-state index contributed by atoms with van der Waals surface area (Å²) in [4.78, 5) is 18.5. The number of aromatic nitrogens is 1. The molecule has 8 heteroatoms. The number of amides is 1. The fourth-order valence-corrected chi connectivity index (χ4v) is 6.29. The molecule has 2 aromatic carbocycles. The van der Waals surface area contributed by atoms with Gasteiger partial charge in [0.15, 0.2) is 16.1 Å². The number of benzene rings is 2. The predicted molar refractivity (Wildman–Crippen MR) is 140 cm³/mol. The lowest BCUT2D eigenvalue weighted by atomic mass is 10.0. The van der Waals surface area contributed by atoms with E-state index in [1.165, 1.54) is 29.7 Å². The quantitative estimate of drug-likeness (QED) is 0.377. The number of aryl methyl sites for hydroxylation is 3. The van der Waals surface area contributed by atoms with E-state index in [1.807, 2.05) is 57.2 Å². The van der Waals surface area contributed by atoms with Crippen molar-refractivity contribution in [3.05, 3.63) is 53.2 Å². The number of hydrogen-bond acceptors (Lipinski definition) is 5. The highest BCUT2D eigenvalue weighted by atomic mass is 32.2. The van der Waals surface area contributed by atoms with Gasteiger partial charge in [0.2, 0.25) is 5.91 Å². The molecule has 1 fully saturated rings. The first-order valence-electron chi connectivity index (χ1n) is 11.6. The molecule has 1 aliphatic rings. The molecule has 1 aromatic heterocycles. The van der Waals surface area contributed by atoms with E-state index >= 15 is 0 Å². The van der Waals surface area contributed by atoms with Gasteiger partial charge in [0.25, 0.3) is 0 Å². The minimum atomic E-state index is -1.52. The number of carbonyl (C=O) groups excluding carboxylic acids is 1. The molecule has 0 bridgehead atoms. The third kappa shape index (κ3) is 5.67. The van der Waals surface area contributed by atoms with Crippen molar-refractivity contribution in [1.82, 2.24) is 4.98 Å². The smallest absolute Gasteiger partial charge is 0.226 e. The minimum absolute atomic E-state index is 0.0290. The second-order valence-corrected chi connectivity index (χ2v) is 11.1. The largest absolute Gasteiger partial charge is 0.495 e. The molecular formula is C26H31N3O3S2. The number of carbonyl (C=O) groups is 1. The Morgan fingerprint density at radius 1 is 1.12 bits per heavy atom. The number of nitrogens with zero attached hydrogens (tertiary/aromatic N) is 1. The fourth-order valence-electron chi connectivity index (χ4n) is 4.29. The van der Waals surface area contributed by atoms with Crippen LogP contribution in [0.25, 0.3) is 10.4 Å². The number of nitrogens with one attached hydrogen (secondary N) is 2. The van der Waals surface area contributed by atoms with E-state index in [9.17, 15) is 9.00 Å². The Morgan fingerprint density at radius 2 is 1.88 bits per heavy atom. The maximum Gasteiger partial charge on any atom is 0.226 e. The summed E-state index contributed by atoms with van der Waals surface area (Å²) in [5, 5.41) is 3.57. The third-order valence-corrected chi connectivity index (χ3v) is 8.60. The van der Waals surface area contributed by atoms with Crippen molar-refractivity contribution < 1.29 is 13.7 Å². The maximum absolute atomic E-state index is 13.2. The first kappa shape index (κ1) is 24.4. The fraction of sp³-hybridized carbons (Fsp3) is 0.385. The van der Waals surface area contributed by atoms with E-state index in [1.54, 1.807) is 7.11 Å².